The zero-order valence-electron chi connectivity index (χ0n) is 12.2. The molecule has 2 heterocycles. The van der Waals surface area contributed by atoms with Crippen molar-refractivity contribution in [3.05, 3.63) is 56.8 Å². The van der Waals surface area contributed by atoms with Crippen LogP contribution in [0.1, 0.15) is 5.76 Å². The number of amides is 4. The van der Waals surface area contributed by atoms with Crippen LogP contribution in [0, 0.1) is 10.1 Å². The number of urea groups is 1. The van der Waals surface area contributed by atoms with Crippen molar-refractivity contribution < 1.29 is 23.7 Å². The number of rotatable bonds is 3. The summed E-state index contributed by atoms with van der Waals surface area (Å²) < 4.78 is 5.48. The molecular formula is C15H8ClN3O6. The lowest BCUT2D eigenvalue weighted by Gasteiger charge is -2.13. The number of halogens is 1. The van der Waals surface area contributed by atoms with Gasteiger partial charge in [-0.15, -0.1) is 0 Å². The second kappa shape index (κ2) is 6.21. The van der Waals surface area contributed by atoms with Gasteiger partial charge in [0.25, 0.3) is 17.5 Å². The van der Waals surface area contributed by atoms with Crippen LogP contribution < -0.4 is 10.6 Å². The van der Waals surface area contributed by atoms with E-state index in [9.17, 15) is 24.5 Å². The van der Waals surface area contributed by atoms with Gasteiger partial charge < -0.3 is 4.42 Å². The quantitative estimate of drug-likeness (QED) is 0.373. The molecular weight excluding hydrogens is 354 g/mol. The van der Waals surface area contributed by atoms with Crippen LogP contribution in [-0.4, -0.2) is 22.8 Å². The van der Waals surface area contributed by atoms with Gasteiger partial charge >= 0.3 is 6.03 Å². The zero-order valence-corrected chi connectivity index (χ0v) is 13.0. The summed E-state index contributed by atoms with van der Waals surface area (Å²) in [5.41, 5.74) is -0.195. The Labute approximate surface area is 144 Å². The maximum absolute atomic E-state index is 11.7. The number of non-ortho nitro benzene ring substituents is 1. The highest BCUT2D eigenvalue weighted by Gasteiger charge is 2.28. The summed E-state index contributed by atoms with van der Waals surface area (Å²) in [4.78, 5) is 44.7. The van der Waals surface area contributed by atoms with Crippen molar-refractivity contribution in [1.29, 1.82) is 0 Å². The van der Waals surface area contributed by atoms with Gasteiger partial charge in [-0.1, -0.05) is 11.6 Å². The number of furan rings is 1. The third-order valence-corrected chi connectivity index (χ3v) is 3.61. The molecule has 10 heteroatoms. The number of imide groups is 2. The van der Waals surface area contributed by atoms with Crippen molar-refractivity contribution in [2.45, 2.75) is 0 Å². The molecule has 0 spiro atoms. The van der Waals surface area contributed by atoms with Crippen molar-refractivity contribution in [3.8, 4) is 11.3 Å². The Bertz CT molecular complexity index is 940. The first-order valence-electron chi connectivity index (χ1n) is 6.77. The van der Waals surface area contributed by atoms with Crippen LogP contribution in [-0.2, 0) is 9.59 Å². The topological polar surface area (TPSA) is 132 Å². The van der Waals surface area contributed by atoms with Crippen LogP contribution in [0.2, 0.25) is 5.02 Å². The average Bonchev–Trinajstić information content (AvgIpc) is 2.99. The third kappa shape index (κ3) is 3.26. The summed E-state index contributed by atoms with van der Waals surface area (Å²) in [5.74, 6) is -1.37. The predicted octanol–water partition coefficient (Wildman–Crippen LogP) is 2.26. The molecule has 1 aliphatic rings. The normalized spacial score (nSPS) is 14.1. The van der Waals surface area contributed by atoms with Crippen molar-refractivity contribution in [1.82, 2.24) is 10.6 Å². The maximum atomic E-state index is 11.7. The van der Waals surface area contributed by atoms with E-state index in [-0.39, 0.29) is 33.4 Å². The number of nitrogens with zero attached hydrogens (tertiary/aromatic N) is 1. The summed E-state index contributed by atoms with van der Waals surface area (Å²) in [6.45, 7) is 0. The summed E-state index contributed by atoms with van der Waals surface area (Å²) in [6.07, 6.45) is 1.14. The molecule has 0 bridgehead atoms. The first-order chi connectivity index (χ1) is 11.8. The van der Waals surface area contributed by atoms with Crippen LogP contribution in [0.4, 0.5) is 10.5 Å². The number of benzene rings is 1. The largest absolute Gasteiger partial charge is 0.457 e. The van der Waals surface area contributed by atoms with E-state index >= 15 is 0 Å². The number of nitro groups is 1. The molecule has 0 saturated carbocycles. The van der Waals surface area contributed by atoms with E-state index in [0.717, 1.165) is 6.08 Å². The van der Waals surface area contributed by atoms with Gasteiger partial charge in [-0.25, -0.2) is 4.79 Å². The Morgan fingerprint density at radius 3 is 2.40 bits per heavy atom. The second-order valence-electron chi connectivity index (χ2n) is 4.92. The highest BCUT2D eigenvalue weighted by Crippen LogP contribution is 2.33. The minimum absolute atomic E-state index is 0.132. The van der Waals surface area contributed by atoms with Gasteiger partial charge in [0.05, 0.1) is 9.95 Å². The third-order valence-electron chi connectivity index (χ3n) is 3.28. The van der Waals surface area contributed by atoms with Gasteiger partial charge in [-0.05, 0) is 24.3 Å². The smallest absolute Gasteiger partial charge is 0.328 e. The minimum atomic E-state index is -0.907. The molecule has 0 atom stereocenters. The first kappa shape index (κ1) is 16.4. The van der Waals surface area contributed by atoms with Gasteiger partial charge in [-0.2, -0.15) is 0 Å². The van der Waals surface area contributed by atoms with E-state index in [1.807, 2.05) is 10.6 Å². The van der Waals surface area contributed by atoms with Gasteiger partial charge in [0.15, 0.2) is 0 Å². The van der Waals surface area contributed by atoms with E-state index in [0.29, 0.717) is 0 Å². The van der Waals surface area contributed by atoms with Crippen molar-refractivity contribution in [2.24, 2.45) is 0 Å². The molecule has 4 amide bonds. The number of nitro benzene ring substituents is 1. The summed E-state index contributed by atoms with van der Waals surface area (Å²) in [5, 5.41) is 15.0. The Balaban J connectivity index is 1.96. The summed E-state index contributed by atoms with van der Waals surface area (Å²) in [6, 6.07) is 5.90. The lowest BCUT2D eigenvalue weighted by molar-refractivity contribution is -0.384. The number of hydrogen-bond acceptors (Lipinski definition) is 6. The molecule has 3 rings (SSSR count). The number of carbonyl (C=O) groups excluding carboxylic acids is 3. The summed E-state index contributed by atoms with van der Waals surface area (Å²) >= 11 is 6.04. The molecule has 0 aliphatic carbocycles. The minimum Gasteiger partial charge on any atom is -0.457 e. The van der Waals surface area contributed by atoms with Gasteiger partial charge in [0.2, 0.25) is 0 Å². The molecule has 126 valence electrons. The predicted molar refractivity (Wildman–Crippen MR) is 85.5 cm³/mol. The van der Waals surface area contributed by atoms with E-state index < -0.39 is 22.8 Å². The Kier molecular flexibility index (Phi) is 4.07. The fourth-order valence-corrected chi connectivity index (χ4v) is 2.35. The fourth-order valence-electron chi connectivity index (χ4n) is 2.14. The molecule has 0 radical (unpaired) electrons. The molecule has 25 heavy (non-hydrogen) atoms. The second-order valence-corrected chi connectivity index (χ2v) is 5.33. The van der Waals surface area contributed by atoms with E-state index in [1.54, 1.807) is 0 Å². The van der Waals surface area contributed by atoms with Crippen molar-refractivity contribution in [3.63, 3.8) is 0 Å². The van der Waals surface area contributed by atoms with E-state index in [2.05, 4.69) is 0 Å². The van der Waals surface area contributed by atoms with Gasteiger partial charge in [0.1, 0.15) is 17.1 Å². The standard InChI is InChI=1S/C15H8ClN3O6/c16-11-3-1-7(19(23)24)5-9(11)12-4-2-8(25-12)6-10-13(20)17-15(22)18-14(10)21/h1-6H,(H2,17,18,20,21,22). The lowest BCUT2D eigenvalue weighted by atomic mass is 10.1. The maximum Gasteiger partial charge on any atom is 0.328 e. The monoisotopic (exact) mass is 361 g/mol. The van der Waals surface area contributed by atoms with E-state index in [1.165, 1.54) is 30.3 Å². The molecule has 2 aromatic rings. The summed E-state index contributed by atoms with van der Waals surface area (Å²) in [7, 11) is 0. The van der Waals surface area contributed by atoms with Crippen molar-refractivity contribution in [2.75, 3.05) is 0 Å². The van der Waals surface area contributed by atoms with Crippen LogP contribution in [0.15, 0.2) is 40.3 Å². The zero-order chi connectivity index (χ0) is 18.1. The fraction of sp³-hybridized carbons (Fsp3) is 0. The average molecular weight is 362 g/mol. The molecule has 1 aromatic heterocycles. The Morgan fingerprint density at radius 2 is 1.76 bits per heavy atom. The number of carbonyl (C=O) groups is 3. The van der Waals surface area contributed by atoms with Gasteiger partial charge in [-0.3, -0.25) is 30.3 Å². The van der Waals surface area contributed by atoms with Crippen LogP contribution in [0.25, 0.3) is 17.4 Å². The molecule has 0 unspecified atom stereocenters. The lowest BCUT2D eigenvalue weighted by Crippen LogP contribution is -2.51. The number of barbiturate groups is 1. The molecule has 9 nitrogen and oxygen atoms in total. The first-order valence-corrected chi connectivity index (χ1v) is 7.15. The SMILES string of the molecule is O=C1NC(=O)C(=Cc2ccc(-c3cc([N+](=O)[O-])ccc3Cl)o2)C(=O)N1. The number of hydrogen-bond donors (Lipinski definition) is 2. The van der Waals surface area contributed by atoms with Crippen molar-refractivity contribution >= 4 is 41.2 Å². The molecule has 1 aromatic carbocycles. The highest BCUT2D eigenvalue weighted by atomic mass is 35.5. The van der Waals surface area contributed by atoms with Crippen LogP contribution in [0.5, 0.6) is 0 Å². The molecule has 1 fully saturated rings. The molecule has 1 saturated heterocycles. The molecule has 1 aliphatic heterocycles. The highest BCUT2D eigenvalue weighted by molar-refractivity contribution is 6.33. The van der Waals surface area contributed by atoms with E-state index in [4.69, 9.17) is 16.0 Å². The van der Waals surface area contributed by atoms with Crippen LogP contribution >= 0.6 is 11.6 Å². The Hall–Kier alpha value is -3.46. The Morgan fingerprint density at radius 1 is 1.08 bits per heavy atom. The number of nitrogens with one attached hydrogen (secondary N) is 2. The van der Waals surface area contributed by atoms with Crippen LogP contribution in [0.3, 0.4) is 0 Å². The van der Waals surface area contributed by atoms with Gasteiger partial charge in [0, 0.05) is 17.7 Å². The molecule has 2 N–H and O–H groups in total.